The molecule has 4 heterocycles. The molecule has 192 valence electrons. The summed E-state index contributed by atoms with van der Waals surface area (Å²) < 4.78 is 40.7. The van der Waals surface area contributed by atoms with Gasteiger partial charge in [-0.05, 0) is 49.3 Å². The molecule has 1 saturated carbocycles. The number of anilines is 1. The number of hydrogen-bond donors (Lipinski definition) is 0. The van der Waals surface area contributed by atoms with Crippen molar-refractivity contribution in [1.82, 2.24) is 24.6 Å². The number of alkyl halides is 3. The number of aromatic nitrogens is 4. The van der Waals surface area contributed by atoms with E-state index in [1.54, 1.807) is 17.2 Å². The lowest BCUT2D eigenvalue weighted by molar-refractivity contribution is -0.148. The van der Waals surface area contributed by atoms with Gasteiger partial charge in [-0.15, -0.1) is 10.2 Å². The largest absolute Gasteiger partial charge is 0.451 e. The fourth-order valence-electron chi connectivity index (χ4n) is 5.86. The summed E-state index contributed by atoms with van der Waals surface area (Å²) in [5.74, 6) is -0.641. The molecular weight excluding hydrogens is 507 g/mol. The summed E-state index contributed by atoms with van der Waals surface area (Å²) in [4.78, 5) is 21.9. The molecule has 1 aromatic carbocycles. The second-order valence-electron chi connectivity index (χ2n) is 9.99. The summed E-state index contributed by atoms with van der Waals surface area (Å²) in [5, 5.41) is 18.2. The molecule has 3 aromatic rings. The van der Waals surface area contributed by atoms with Gasteiger partial charge in [0.25, 0.3) is 0 Å². The van der Waals surface area contributed by atoms with Crippen LogP contribution in [0.25, 0.3) is 10.9 Å². The summed E-state index contributed by atoms with van der Waals surface area (Å²) in [6.07, 6.45) is -0.329. The van der Waals surface area contributed by atoms with Crippen LogP contribution < -0.4 is 4.90 Å². The number of pyridine rings is 1. The van der Waals surface area contributed by atoms with Crippen LogP contribution in [0.5, 0.6) is 0 Å². The lowest BCUT2D eigenvalue weighted by Gasteiger charge is -2.42. The van der Waals surface area contributed by atoms with Gasteiger partial charge in [0.1, 0.15) is 6.07 Å². The van der Waals surface area contributed by atoms with Gasteiger partial charge in [0.2, 0.25) is 11.7 Å². The zero-order valence-electron chi connectivity index (χ0n) is 19.7. The van der Waals surface area contributed by atoms with Crippen LogP contribution >= 0.6 is 11.6 Å². The first-order valence-electron chi connectivity index (χ1n) is 12.3. The molecule has 6 rings (SSSR count). The van der Waals surface area contributed by atoms with E-state index in [1.165, 1.54) is 0 Å². The standard InChI is InChI=1S/C25H23ClF3N7O/c26-16-3-4-20-18(9-16)22(15(10-30)11-31-20)34-6-5-17(19(12-34)14-1-2-14)23(37)35-7-8-36-21(13-35)32-33-24(36)25(27,28)29/h3-4,9,11,14,17,19H,1-2,5-8,12-13H2/t17-,19?/m0/s1. The van der Waals surface area contributed by atoms with Gasteiger partial charge in [-0.3, -0.25) is 9.78 Å². The van der Waals surface area contributed by atoms with E-state index in [4.69, 9.17) is 11.6 Å². The lowest BCUT2D eigenvalue weighted by atomic mass is 9.80. The lowest BCUT2D eigenvalue weighted by Crippen LogP contribution is -2.50. The Bertz CT molecular complexity index is 1430. The van der Waals surface area contributed by atoms with E-state index in [2.05, 4.69) is 26.2 Å². The van der Waals surface area contributed by atoms with Crippen molar-refractivity contribution in [3.05, 3.63) is 46.6 Å². The van der Waals surface area contributed by atoms with E-state index in [0.29, 0.717) is 36.0 Å². The predicted molar refractivity (Wildman–Crippen MR) is 128 cm³/mol. The van der Waals surface area contributed by atoms with Crippen molar-refractivity contribution in [3.63, 3.8) is 0 Å². The highest BCUT2D eigenvalue weighted by molar-refractivity contribution is 6.31. The Morgan fingerprint density at radius 2 is 1.95 bits per heavy atom. The van der Waals surface area contributed by atoms with Crippen molar-refractivity contribution >= 4 is 34.1 Å². The van der Waals surface area contributed by atoms with Crippen molar-refractivity contribution < 1.29 is 18.0 Å². The molecule has 8 nitrogen and oxygen atoms in total. The Balaban J connectivity index is 1.25. The van der Waals surface area contributed by atoms with Crippen LogP contribution in [-0.2, 0) is 24.1 Å². The third-order valence-corrected chi connectivity index (χ3v) is 7.99. The number of piperidine rings is 1. The number of carbonyl (C=O) groups excluding carboxylic acids is 1. The van der Waals surface area contributed by atoms with Crippen molar-refractivity contribution in [2.45, 2.75) is 38.5 Å². The summed E-state index contributed by atoms with van der Waals surface area (Å²) in [6, 6.07) is 7.67. The molecule has 0 spiro atoms. The molecule has 12 heteroatoms. The van der Waals surface area contributed by atoms with Crippen LogP contribution in [0.1, 0.15) is 36.5 Å². The molecule has 0 radical (unpaired) electrons. The molecule has 1 amide bonds. The Kier molecular flexibility index (Phi) is 5.75. The molecule has 0 bridgehead atoms. The van der Waals surface area contributed by atoms with E-state index >= 15 is 0 Å². The maximum atomic E-state index is 13.7. The maximum Gasteiger partial charge on any atom is 0.451 e. The van der Waals surface area contributed by atoms with Crippen LogP contribution in [0.2, 0.25) is 5.02 Å². The second kappa shape index (κ2) is 8.87. The van der Waals surface area contributed by atoms with Gasteiger partial charge < -0.3 is 14.4 Å². The molecule has 3 aliphatic rings. The predicted octanol–water partition coefficient (Wildman–Crippen LogP) is 4.27. The monoisotopic (exact) mass is 529 g/mol. The summed E-state index contributed by atoms with van der Waals surface area (Å²) in [7, 11) is 0. The quantitative estimate of drug-likeness (QED) is 0.503. The van der Waals surface area contributed by atoms with Crippen molar-refractivity contribution in [3.8, 4) is 6.07 Å². The van der Waals surface area contributed by atoms with Crippen LogP contribution in [-0.4, -0.2) is 50.2 Å². The number of hydrogen-bond acceptors (Lipinski definition) is 6. The number of benzene rings is 1. The van der Waals surface area contributed by atoms with Crippen molar-refractivity contribution in [2.24, 2.45) is 17.8 Å². The van der Waals surface area contributed by atoms with Crippen LogP contribution in [0.15, 0.2) is 24.4 Å². The zero-order valence-corrected chi connectivity index (χ0v) is 20.5. The Morgan fingerprint density at radius 1 is 1.14 bits per heavy atom. The second-order valence-corrected chi connectivity index (χ2v) is 10.4. The highest BCUT2D eigenvalue weighted by Gasteiger charge is 2.46. The first-order valence-corrected chi connectivity index (χ1v) is 12.6. The van der Waals surface area contributed by atoms with Gasteiger partial charge in [0.15, 0.2) is 5.82 Å². The van der Waals surface area contributed by atoms with Gasteiger partial charge in [-0.2, -0.15) is 18.4 Å². The average molecular weight is 530 g/mol. The first kappa shape index (κ1) is 24.0. The molecule has 0 N–H and O–H groups in total. The smallest absolute Gasteiger partial charge is 0.370 e. The van der Waals surface area contributed by atoms with Gasteiger partial charge >= 0.3 is 6.18 Å². The fraction of sp³-hybridized carbons (Fsp3) is 0.480. The summed E-state index contributed by atoms with van der Waals surface area (Å²) >= 11 is 6.27. The summed E-state index contributed by atoms with van der Waals surface area (Å²) in [5.41, 5.74) is 2.00. The number of fused-ring (bicyclic) bond motifs is 2. The van der Waals surface area contributed by atoms with E-state index in [-0.39, 0.29) is 43.2 Å². The number of carbonyl (C=O) groups is 1. The first-order chi connectivity index (χ1) is 17.7. The number of nitriles is 1. The minimum absolute atomic E-state index is 0.0190. The highest BCUT2D eigenvalue weighted by Crippen LogP contribution is 2.46. The molecule has 2 atom stereocenters. The molecule has 1 saturated heterocycles. The van der Waals surface area contributed by atoms with Gasteiger partial charge in [0, 0.05) is 48.7 Å². The number of nitrogens with zero attached hydrogens (tertiary/aromatic N) is 7. The van der Waals surface area contributed by atoms with E-state index in [1.807, 2.05) is 12.1 Å². The number of rotatable bonds is 3. The Morgan fingerprint density at radius 3 is 2.68 bits per heavy atom. The Hall–Kier alpha value is -3.39. The van der Waals surface area contributed by atoms with E-state index < -0.39 is 12.0 Å². The Labute approximate surface area is 215 Å². The average Bonchev–Trinajstić information content (AvgIpc) is 3.64. The van der Waals surface area contributed by atoms with Crippen LogP contribution in [0.4, 0.5) is 18.9 Å². The maximum absolute atomic E-state index is 13.7. The third kappa shape index (κ3) is 4.27. The van der Waals surface area contributed by atoms with Crippen LogP contribution in [0.3, 0.4) is 0 Å². The van der Waals surface area contributed by atoms with Crippen molar-refractivity contribution in [2.75, 3.05) is 24.5 Å². The number of amides is 1. The molecule has 2 fully saturated rings. The van der Waals surface area contributed by atoms with Gasteiger partial charge in [0.05, 0.1) is 23.3 Å². The molecule has 1 aliphatic carbocycles. The number of halogens is 4. The minimum atomic E-state index is -4.58. The molecule has 1 unspecified atom stereocenters. The minimum Gasteiger partial charge on any atom is -0.370 e. The molecular formula is C25H23ClF3N7O. The molecule has 2 aliphatic heterocycles. The van der Waals surface area contributed by atoms with Gasteiger partial charge in [-0.25, -0.2) is 0 Å². The summed E-state index contributed by atoms with van der Waals surface area (Å²) in [6.45, 7) is 1.42. The fourth-order valence-corrected chi connectivity index (χ4v) is 6.03. The van der Waals surface area contributed by atoms with Crippen molar-refractivity contribution in [1.29, 1.82) is 5.26 Å². The topological polar surface area (TPSA) is 90.9 Å². The van der Waals surface area contributed by atoms with Crippen LogP contribution in [0, 0.1) is 29.1 Å². The molecule has 2 aromatic heterocycles. The normalized spacial score (nSPS) is 22.1. The SMILES string of the molecule is N#Cc1cnc2ccc(Cl)cc2c1N1CC[C@H](C(=O)N2CCn3c(nnc3C(F)(F)F)C2)C(C2CC2)C1. The van der Waals surface area contributed by atoms with E-state index in [9.17, 15) is 23.2 Å². The molecule has 37 heavy (non-hydrogen) atoms. The zero-order chi connectivity index (χ0) is 25.9. The third-order valence-electron chi connectivity index (χ3n) is 7.76. The van der Waals surface area contributed by atoms with Gasteiger partial charge in [-0.1, -0.05) is 11.6 Å². The highest BCUT2D eigenvalue weighted by atomic mass is 35.5. The van der Waals surface area contributed by atoms with E-state index in [0.717, 1.165) is 34.0 Å².